The zero-order valence-electron chi connectivity index (χ0n) is 13.5. The molecule has 0 aliphatic rings. The van der Waals surface area contributed by atoms with Crippen LogP contribution in [0, 0.1) is 12.7 Å². The highest BCUT2D eigenvalue weighted by Crippen LogP contribution is 2.16. The van der Waals surface area contributed by atoms with Crippen LogP contribution in [0.3, 0.4) is 0 Å². The highest BCUT2D eigenvalue weighted by atomic mass is 19.1. The summed E-state index contributed by atoms with van der Waals surface area (Å²) in [4.78, 5) is 8.77. The third kappa shape index (κ3) is 4.52. The molecular weight excluding hydrogens is 303 g/mol. The van der Waals surface area contributed by atoms with E-state index in [9.17, 15) is 4.39 Å². The van der Waals surface area contributed by atoms with Gasteiger partial charge in [-0.1, -0.05) is 36.4 Å². The van der Waals surface area contributed by atoms with Crippen molar-refractivity contribution in [1.82, 2.24) is 9.97 Å². The maximum absolute atomic E-state index is 13.3. The van der Waals surface area contributed by atoms with Crippen LogP contribution in [0.5, 0.6) is 0 Å². The summed E-state index contributed by atoms with van der Waals surface area (Å²) < 4.78 is 13.3. The summed E-state index contributed by atoms with van der Waals surface area (Å²) >= 11 is 0. The first kappa shape index (κ1) is 15.9. The van der Waals surface area contributed by atoms with Crippen LogP contribution in [0.25, 0.3) is 0 Å². The molecule has 0 saturated carbocycles. The van der Waals surface area contributed by atoms with Crippen molar-refractivity contribution in [2.45, 2.75) is 13.3 Å². The molecule has 0 unspecified atom stereocenters. The minimum absolute atomic E-state index is 0.297. The summed E-state index contributed by atoms with van der Waals surface area (Å²) in [6.45, 7) is 2.68. The SMILES string of the molecule is Cc1cc(NCCc2ccccc2)nc(Nc2cccc(F)c2)n1. The molecule has 1 heterocycles. The molecule has 0 radical (unpaired) electrons. The Morgan fingerprint density at radius 3 is 2.58 bits per heavy atom. The van der Waals surface area contributed by atoms with E-state index < -0.39 is 0 Å². The predicted molar refractivity (Wildman–Crippen MR) is 95.1 cm³/mol. The monoisotopic (exact) mass is 322 g/mol. The summed E-state index contributed by atoms with van der Waals surface area (Å²) in [5.74, 6) is 0.897. The smallest absolute Gasteiger partial charge is 0.229 e. The Morgan fingerprint density at radius 2 is 1.79 bits per heavy atom. The Morgan fingerprint density at radius 1 is 0.958 bits per heavy atom. The van der Waals surface area contributed by atoms with E-state index >= 15 is 0 Å². The van der Waals surface area contributed by atoms with E-state index in [2.05, 4.69) is 32.7 Å². The van der Waals surface area contributed by atoms with Crippen molar-refractivity contribution in [3.8, 4) is 0 Å². The number of nitrogens with zero attached hydrogens (tertiary/aromatic N) is 2. The van der Waals surface area contributed by atoms with Gasteiger partial charge in [0.2, 0.25) is 5.95 Å². The summed E-state index contributed by atoms with van der Waals surface area (Å²) in [5, 5.41) is 6.34. The molecule has 0 aliphatic carbocycles. The van der Waals surface area contributed by atoms with Crippen molar-refractivity contribution in [2.24, 2.45) is 0 Å². The third-order valence-electron chi connectivity index (χ3n) is 3.50. The normalized spacial score (nSPS) is 10.4. The summed E-state index contributed by atoms with van der Waals surface area (Å²) in [5.41, 5.74) is 2.73. The molecule has 24 heavy (non-hydrogen) atoms. The second kappa shape index (κ2) is 7.55. The lowest BCUT2D eigenvalue weighted by molar-refractivity contribution is 0.628. The Kier molecular flexibility index (Phi) is 5.01. The molecule has 2 aromatic carbocycles. The molecule has 3 rings (SSSR count). The molecule has 4 nitrogen and oxygen atoms in total. The van der Waals surface area contributed by atoms with Crippen LogP contribution >= 0.6 is 0 Å². The van der Waals surface area contributed by atoms with Gasteiger partial charge in [-0.2, -0.15) is 4.98 Å². The van der Waals surface area contributed by atoms with E-state index in [0.29, 0.717) is 11.6 Å². The van der Waals surface area contributed by atoms with E-state index in [-0.39, 0.29) is 5.82 Å². The Balaban J connectivity index is 1.65. The van der Waals surface area contributed by atoms with E-state index in [0.717, 1.165) is 24.5 Å². The minimum Gasteiger partial charge on any atom is -0.370 e. The van der Waals surface area contributed by atoms with Crippen molar-refractivity contribution in [3.05, 3.63) is 77.7 Å². The predicted octanol–water partition coefficient (Wildman–Crippen LogP) is 4.32. The van der Waals surface area contributed by atoms with Gasteiger partial charge in [-0.25, -0.2) is 9.37 Å². The van der Waals surface area contributed by atoms with Crippen LogP contribution in [0.15, 0.2) is 60.7 Å². The van der Waals surface area contributed by atoms with Gasteiger partial charge in [0.25, 0.3) is 0 Å². The lowest BCUT2D eigenvalue weighted by Crippen LogP contribution is -2.08. The largest absolute Gasteiger partial charge is 0.370 e. The Labute approximate surface area is 140 Å². The van der Waals surface area contributed by atoms with Gasteiger partial charge in [-0.05, 0) is 37.1 Å². The first-order valence-corrected chi connectivity index (χ1v) is 7.85. The van der Waals surface area contributed by atoms with Gasteiger partial charge in [0, 0.05) is 24.0 Å². The topological polar surface area (TPSA) is 49.8 Å². The molecule has 2 N–H and O–H groups in total. The Hall–Kier alpha value is -2.95. The zero-order valence-corrected chi connectivity index (χ0v) is 13.5. The molecule has 0 fully saturated rings. The molecule has 5 heteroatoms. The molecule has 0 bridgehead atoms. The molecule has 3 aromatic rings. The van der Waals surface area contributed by atoms with Gasteiger partial charge in [0.15, 0.2) is 0 Å². The average Bonchev–Trinajstić information content (AvgIpc) is 2.55. The van der Waals surface area contributed by atoms with Crippen LogP contribution in [-0.4, -0.2) is 16.5 Å². The number of anilines is 3. The van der Waals surface area contributed by atoms with E-state index in [1.54, 1.807) is 12.1 Å². The van der Waals surface area contributed by atoms with Crippen molar-refractivity contribution < 1.29 is 4.39 Å². The number of benzene rings is 2. The number of nitrogens with one attached hydrogen (secondary N) is 2. The zero-order chi connectivity index (χ0) is 16.8. The number of hydrogen-bond donors (Lipinski definition) is 2. The van der Waals surface area contributed by atoms with Gasteiger partial charge >= 0.3 is 0 Å². The number of halogens is 1. The maximum atomic E-state index is 13.3. The van der Waals surface area contributed by atoms with Crippen molar-refractivity contribution in [2.75, 3.05) is 17.2 Å². The fourth-order valence-electron chi connectivity index (χ4n) is 2.39. The average molecular weight is 322 g/mol. The highest BCUT2D eigenvalue weighted by Gasteiger charge is 2.04. The lowest BCUT2D eigenvalue weighted by atomic mass is 10.1. The minimum atomic E-state index is -0.297. The second-order valence-corrected chi connectivity index (χ2v) is 5.52. The quantitative estimate of drug-likeness (QED) is 0.709. The van der Waals surface area contributed by atoms with Crippen molar-refractivity contribution >= 4 is 17.5 Å². The van der Waals surface area contributed by atoms with Crippen molar-refractivity contribution in [1.29, 1.82) is 0 Å². The second-order valence-electron chi connectivity index (χ2n) is 5.52. The van der Waals surface area contributed by atoms with E-state index in [1.807, 2.05) is 31.2 Å². The van der Waals surface area contributed by atoms with Gasteiger partial charge in [0.1, 0.15) is 11.6 Å². The molecule has 0 aliphatic heterocycles. The Bertz CT molecular complexity index is 805. The molecule has 0 amide bonds. The highest BCUT2D eigenvalue weighted by molar-refractivity contribution is 5.55. The van der Waals surface area contributed by atoms with Gasteiger partial charge in [0.05, 0.1) is 0 Å². The first-order valence-electron chi connectivity index (χ1n) is 7.85. The maximum Gasteiger partial charge on any atom is 0.229 e. The number of rotatable bonds is 6. The lowest BCUT2D eigenvalue weighted by Gasteiger charge is -2.10. The van der Waals surface area contributed by atoms with Crippen LogP contribution < -0.4 is 10.6 Å². The third-order valence-corrected chi connectivity index (χ3v) is 3.50. The number of aryl methyl sites for hydroxylation is 1. The van der Waals surface area contributed by atoms with Gasteiger partial charge < -0.3 is 10.6 Å². The van der Waals surface area contributed by atoms with Gasteiger partial charge in [-0.3, -0.25) is 0 Å². The summed E-state index contributed by atoms with van der Waals surface area (Å²) in [6.07, 6.45) is 0.913. The number of hydrogen-bond acceptors (Lipinski definition) is 4. The molecule has 0 spiro atoms. The van der Waals surface area contributed by atoms with Gasteiger partial charge in [-0.15, -0.1) is 0 Å². The van der Waals surface area contributed by atoms with Crippen LogP contribution in [0.2, 0.25) is 0 Å². The first-order chi connectivity index (χ1) is 11.7. The molecular formula is C19H19FN4. The standard InChI is InChI=1S/C19H19FN4/c1-14-12-18(21-11-10-15-6-3-2-4-7-15)24-19(22-14)23-17-9-5-8-16(20)13-17/h2-9,12-13H,10-11H2,1H3,(H2,21,22,23,24). The molecule has 122 valence electrons. The van der Waals surface area contributed by atoms with Crippen LogP contribution in [-0.2, 0) is 6.42 Å². The molecule has 1 aromatic heterocycles. The number of aromatic nitrogens is 2. The van der Waals surface area contributed by atoms with E-state index in [4.69, 9.17) is 0 Å². The fraction of sp³-hybridized carbons (Fsp3) is 0.158. The fourth-order valence-corrected chi connectivity index (χ4v) is 2.39. The molecule has 0 atom stereocenters. The van der Waals surface area contributed by atoms with Crippen molar-refractivity contribution in [3.63, 3.8) is 0 Å². The van der Waals surface area contributed by atoms with Crippen LogP contribution in [0.1, 0.15) is 11.3 Å². The summed E-state index contributed by atoms with van der Waals surface area (Å²) in [7, 11) is 0. The molecule has 0 saturated heterocycles. The van der Waals surface area contributed by atoms with E-state index in [1.165, 1.54) is 17.7 Å². The van der Waals surface area contributed by atoms with Crippen LogP contribution in [0.4, 0.5) is 21.8 Å². The summed E-state index contributed by atoms with van der Waals surface area (Å²) in [6, 6.07) is 18.4.